The topological polar surface area (TPSA) is 9.86 Å². The number of para-hydroxylation sites is 4. The van der Waals surface area contributed by atoms with E-state index in [4.69, 9.17) is 0 Å². The summed E-state index contributed by atoms with van der Waals surface area (Å²) < 4.78 is 4.81. The molecule has 2 nitrogen and oxygen atoms in total. The summed E-state index contributed by atoms with van der Waals surface area (Å²) in [5.41, 5.74) is 24.0. The first-order chi connectivity index (χ1) is 39.0. The molecule has 370 valence electrons. The standard InChI is InChI=1S/C77H52N2/c1-49-34-40-53(41-35-49)77(54-42-36-50(2)37-43-54)69-30-12-9-24-63(69)76-64(29-17-31-70(76)77)75-61-27-15-25-57(51-38-44-73-67(46-51)59-22-10-13-32-71(59)78(73)55-18-5-3-6-19-55)65(61)48-66-58(26-16-28-62(66)75)52-39-45-74-68(47-52)60-23-11-14-33-72(60)79(74)56-20-7-4-8-21-56/h3-48H,1-2H3. The Balaban J connectivity index is 1.00. The maximum atomic E-state index is 2.51. The molecule has 0 saturated heterocycles. The smallest absolute Gasteiger partial charge is 0.0713 e. The van der Waals surface area contributed by atoms with E-state index in [1.165, 1.54) is 143 Å². The number of aryl methyl sites for hydroxylation is 2. The number of benzene rings is 13. The van der Waals surface area contributed by atoms with Gasteiger partial charge in [-0.15, -0.1) is 0 Å². The highest BCUT2D eigenvalue weighted by atomic mass is 15.0. The van der Waals surface area contributed by atoms with Crippen LogP contribution in [0.2, 0.25) is 0 Å². The molecule has 2 aromatic heterocycles. The van der Waals surface area contributed by atoms with Crippen LogP contribution in [-0.2, 0) is 5.41 Å². The Hall–Kier alpha value is -10.0. The molecule has 0 spiro atoms. The fraction of sp³-hybridized carbons (Fsp3) is 0.0390. The lowest BCUT2D eigenvalue weighted by atomic mass is 9.67. The Labute approximate surface area is 459 Å². The first kappa shape index (κ1) is 45.2. The Morgan fingerprint density at radius 3 is 1.19 bits per heavy atom. The van der Waals surface area contributed by atoms with Gasteiger partial charge in [0.2, 0.25) is 0 Å². The van der Waals surface area contributed by atoms with Crippen molar-refractivity contribution in [3.05, 3.63) is 312 Å². The van der Waals surface area contributed by atoms with Gasteiger partial charge in [-0.25, -0.2) is 0 Å². The van der Waals surface area contributed by atoms with E-state index < -0.39 is 5.41 Å². The van der Waals surface area contributed by atoms with E-state index in [1.807, 2.05) is 0 Å². The predicted molar refractivity (Wildman–Crippen MR) is 333 cm³/mol. The molecule has 0 atom stereocenters. The van der Waals surface area contributed by atoms with Crippen molar-refractivity contribution in [3.8, 4) is 55.9 Å². The van der Waals surface area contributed by atoms with Crippen LogP contribution in [0.5, 0.6) is 0 Å². The highest BCUT2D eigenvalue weighted by Gasteiger charge is 2.47. The summed E-state index contributed by atoms with van der Waals surface area (Å²) in [6, 6.07) is 105. The fourth-order valence-corrected chi connectivity index (χ4v) is 13.9. The summed E-state index contributed by atoms with van der Waals surface area (Å²) in [6.07, 6.45) is 0. The molecule has 13 aromatic carbocycles. The highest BCUT2D eigenvalue weighted by Crippen LogP contribution is 2.59. The normalized spacial score (nSPS) is 12.8. The third kappa shape index (κ3) is 6.65. The van der Waals surface area contributed by atoms with Crippen molar-refractivity contribution in [2.75, 3.05) is 0 Å². The minimum Gasteiger partial charge on any atom is -0.309 e. The van der Waals surface area contributed by atoms with Crippen LogP contribution in [0.1, 0.15) is 33.4 Å². The Morgan fingerprint density at radius 1 is 0.253 bits per heavy atom. The van der Waals surface area contributed by atoms with E-state index in [0.717, 1.165) is 11.4 Å². The molecule has 0 unspecified atom stereocenters. The highest BCUT2D eigenvalue weighted by molar-refractivity contribution is 6.22. The lowest BCUT2D eigenvalue weighted by molar-refractivity contribution is 0.767. The maximum Gasteiger partial charge on any atom is 0.0713 e. The number of fused-ring (bicyclic) bond motifs is 11. The van der Waals surface area contributed by atoms with E-state index in [2.05, 4.69) is 302 Å². The van der Waals surface area contributed by atoms with Gasteiger partial charge in [-0.1, -0.05) is 223 Å². The minimum absolute atomic E-state index is 0.553. The minimum atomic E-state index is -0.553. The Bertz CT molecular complexity index is 4680. The SMILES string of the molecule is Cc1ccc(C2(c3ccc(C)cc3)c3ccccc3-c3c(-c4c5cccc(-c6ccc7c(c6)c6ccccc6n7-c6ccccc6)c5cc5c(-c6ccc7c(c6)c6ccccc6n7-c6ccccc6)cccc45)cccc32)cc1. The Kier molecular flexibility index (Phi) is 10.0. The van der Waals surface area contributed by atoms with Gasteiger partial charge in [0.1, 0.15) is 0 Å². The molecule has 1 aliphatic carbocycles. The van der Waals surface area contributed by atoms with Gasteiger partial charge in [0.05, 0.1) is 27.5 Å². The van der Waals surface area contributed by atoms with Gasteiger partial charge in [0, 0.05) is 32.9 Å². The van der Waals surface area contributed by atoms with Gasteiger partial charge in [0.15, 0.2) is 0 Å². The first-order valence-electron chi connectivity index (χ1n) is 27.6. The van der Waals surface area contributed by atoms with E-state index in [0.29, 0.717) is 0 Å². The van der Waals surface area contributed by atoms with Crippen molar-refractivity contribution in [3.63, 3.8) is 0 Å². The number of nitrogens with zero attached hydrogens (tertiary/aromatic N) is 2. The van der Waals surface area contributed by atoms with Crippen LogP contribution in [0.3, 0.4) is 0 Å². The molecule has 0 saturated carbocycles. The van der Waals surface area contributed by atoms with Gasteiger partial charge in [-0.3, -0.25) is 0 Å². The van der Waals surface area contributed by atoms with Gasteiger partial charge >= 0.3 is 0 Å². The van der Waals surface area contributed by atoms with Gasteiger partial charge in [0.25, 0.3) is 0 Å². The third-order valence-electron chi connectivity index (χ3n) is 17.3. The molecule has 0 bridgehead atoms. The molecule has 0 N–H and O–H groups in total. The predicted octanol–water partition coefficient (Wildman–Crippen LogP) is 20.2. The summed E-state index contributed by atoms with van der Waals surface area (Å²) in [5, 5.41) is 9.85. The molecule has 15 aromatic rings. The van der Waals surface area contributed by atoms with Crippen LogP contribution < -0.4 is 0 Å². The van der Waals surface area contributed by atoms with E-state index in [-0.39, 0.29) is 0 Å². The second kappa shape index (κ2) is 17.5. The second-order valence-corrected chi connectivity index (χ2v) is 21.6. The zero-order chi connectivity index (χ0) is 52.3. The Morgan fingerprint density at radius 2 is 0.658 bits per heavy atom. The number of hydrogen-bond acceptors (Lipinski definition) is 0. The molecule has 0 radical (unpaired) electrons. The third-order valence-corrected chi connectivity index (χ3v) is 17.3. The van der Waals surface area contributed by atoms with Gasteiger partial charge in [-0.05, 0) is 169 Å². The van der Waals surface area contributed by atoms with Crippen molar-refractivity contribution in [1.82, 2.24) is 9.13 Å². The van der Waals surface area contributed by atoms with Crippen LogP contribution in [0, 0.1) is 13.8 Å². The average molecular weight is 1010 g/mol. The summed E-state index contributed by atoms with van der Waals surface area (Å²) >= 11 is 0. The summed E-state index contributed by atoms with van der Waals surface area (Å²) in [7, 11) is 0. The average Bonchev–Trinajstić information content (AvgIpc) is 4.32. The van der Waals surface area contributed by atoms with Crippen LogP contribution in [0.4, 0.5) is 0 Å². The number of rotatable bonds is 7. The summed E-state index contributed by atoms with van der Waals surface area (Å²) in [6.45, 7) is 4.38. The van der Waals surface area contributed by atoms with Crippen molar-refractivity contribution < 1.29 is 0 Å². The van der Waals surface area contributed by atoms with E-state index in [1.54, 1.807) is 0 Å². The van der Waals surface area contributed by atoms with Crippen molar-refractivity contribution in [1.29, 1.82) is 0 Å². The van der Waals surface area contributed by atoms with Crippen molar-refractivity contribution in [2.24, 2.45) is 0 Å². The van der Waals surface area contributed by atoms with Crippen LogP contribution in [0.25, 0.3) is 121 Å². The molecule has 0 fully saturated rings. The summed E-state index contributed by atoms with van der Waals surface area (Å²) in [5.74, 6) is 0. The molecule has 0 amide bonds. The molecular formula is C77H52N2. The molecule has 2 heteroatoms. The van der Waals surface area contributed by atoms with Gasteiger partial charge in [-0.2, -0.15) is 0 Å². The lowest BCUT2D eigenvalue weighted by Gasteiger charge is -2.34. The fourth-order valence-electron chi connectivity index (χ4n) is 13.9. The van der Waals surface area contributed by atoms with Crippen LogP contribution >= 0.6 is 0 Å². The summed E-state index contributed by atoms with van der Waals surface area (Å²) in [4.78, 5) is 0. The van der Waals surface area contributed by atoms with E-state index in [9.17, 15) is 0 Å². The first-order valence-corrected chi connectivity index (χ1v) is 27.6. The molecule has 1 aliphatic rings. The maximum absolute atomic E-state index is 2.51. The van der Waals surface area contributed by atoms with Crippen molar-refractivity contribution in [2.45, 2.75) is 19.3 Å². The molecule has 2 heterocycles. The number of aromatic nitrogens is 2. The molecule has 16 rings (SSSR count). The lowest BCUT2D eigenvalue weighted by Crippen LogP contribution is -2.28. The zero-order valence-electron chi connectivity index (χ0n) is 44.0. The number of hydrogen-bond donors (Lipinski definition) is 0. The van der Waals surface area contributed by atoms with Gasteiger partial charge < -0.3 is 9.13 Å². The largest absolute Gasteiger partial charge is 0.309 e. The van der Waals surface area contributed by atoms with Crippen LogP contribution in [0.15, 0.2) is 279 Å². The molecular weight excluding hydrogens is 953 g/mol. The second-order valence-electron chi connectivity index (χ2n) is 21.6. The molecule has 0 aliphatic heterocycles. The van der Waals surface area contributed by atoms with Crippen LogP contribution in [-0.4, -0.2) is 9.13 Å². The van der Waals surface area contributed by atoms with E-state index >= 15 is 0 Å². The molecule has 79 heavy (non-hydrogen) atoms. The quantitative estimate of drug-likeness (QED) is 0.141. The zero-order valence-corrected chi connectivity index (χ0v) is 44.0. The van der Waals surface area contributed by atoms with Crippen molar-refractivity contribution >= 4 is 65.2 Å². The monoisotopic (exact) mass is 1000 g/mol.